The first-order valence-electron chi connectivity index (χ1n) is 5.04. The Morgan fingerprint density at radius 1 is 1.27 bits per heavy atom. The van der Waals surface area contributed by atoms with E-state index in [0.717, 1.165) is 16.3 Å². The van der Waals surface area contributed by atoms with Gasteiger partial charge in [-0.2, -0.15) is 0 Å². The number of hydrogen-bond acceptors (Lipinski definition) is 1. The molecule has 0 radical (unpaired) electrons. The Hall–Kier alpha value is -0.950. The third kappa shape index (κ3) is 1.37. The fraction of sp³-hybridized carbons (Fsp3) is 0.385. The number of benzene rings is 1. The minimum Gasteiger partial charge on any atom is -0.497 e. The molecule has 0 amide bonds. The van der Waals surface area contributed by atoms with E-state index in [2.05, 4.69) is 26.8 Å². The van der Waals surface area contributed by atoms with Crippen molar-refractivity contribution in [3.05, 3.63) is 34.9 Å². The topological polar surface area (TPSA) is 9.23 Å². The summed E-state index contributed by atoms with van der Waals surface area (Å²) in [7, 11) is 1.69. The highest BCUT2D eigenvalue weighted by atomic mass is 35.5. The molecule has 0 saturated carbocycles. The number of ether oxygens (including phenoxy) is 1. The highest BCUT2D eigenvalue weighted by molar-refractivity contribution is 6.50. The van der Waals surface area contributed by atoms with Crippen LogP contribution in [0.15, 0.2) is 23.8 Å². The normalized spacial score (nSPS) is 17.9. The fourth-order valence-electron chi connectivity index (χ4n) is 2.04. The largest absolute Gasteiger partial charge is 0.497 e. The van der Waals surface area contributed by atoms with Crippen LogP contribution in [0.3, 0.4) is 0 Å². The van der Waals surface area contributed by atoms with Gasteiger partial charge in [-0.3, -0.25) is 0 Å². The molecule has 0 unspecified atom stereocenters. The van der Waals surface area contributed by atoms with Crippen LogP contribution >= 0.6 is 11.6 Å². The molecule has 0 spiro atoms. The second-order valence-corrected chi connectivity index (χ2v) is 4.85. The van der Waals surface area contributed by atoms with Crippen LogP contribution in [0.4, 0.5) is 0 Å². The van der Waals surface area contributed by atoms with Gasteiger partial charge in [0.2, 0.25) is 0 Å². The predicted octanol–water partition coefficient (Wildman–Crippen LogP) is 3.96. The lowest BCUT2D eigenvalue weighted by atomic mass is 9.82. The molecule has 0 atom stereocenters. The van der Waals surface area contributed by atoms with Gasteiger partial charge in [-0.25, -0.2) is 0 Å². The summed E-state index contributed by atoms with van der Waals surface area (Å²) in [6, 6.07) is 6.07. The van der Waals surface area contributed by atoms with Gasteiger partial charge in [0.25, 0.3) is 0 Å². The first-order chi connectivity index (χ1) is 6.98. The monoisotopic (exact) mass is 222 g/mol. The Morgan fingerprint density at radius 2 is 1.93 bits per heavy atom. The van der Waals surface area contributed by atoms with Crippen LogP contribution in [0.1, 0.15) is 31.9 Å². The number of hydrogen-bond donors (Lipinski definition) is 0. The van der Waals surface area contributed by atoms with Crippen LogP contribution in [-0.4, -0.2) is 7.11 Å². The molecule has 0 N–H and O–H groups in total. The van der Waals surface area contributed by atoms with E-state index < -0.39 is 0 Å². The van der Waals surface area contributed by atoms with Crippen molar-refractivity contribution in [1.29, 1.82) is 0 Å². The van der Waals surface area contributed by atoms with Crippen molar-refractivity contribution in [1.82, 2.24) is 0 Å². The first kappa shape index (κ1) is 10.6. The summed E-state index contributed by atoms with van der Waals surface area (Å²) in [6.45, 7) is 6.47. The zero-order valence-corrected chi connectivity index (χ0v) is 10.3. The molecule has 0 aliphatic heterocycles. The predicted molar refractivity (Wildman–Crippen MR) is 64.5 cm³/mol. The van der Waals surface area contributed by atoms with Crippen molar-refractivity contribution < 1.29 is 4.74 Å². The van der Waals surface area contributed by atoms with Crippen LogP contribution in [0, 0.1) is 0 Å². The zero-order valence-electron chi connectivity index (χ0n) is 9.52. The van der Waals surface area contributed by atoms with Gasteiger partial charge < -0.3 is 4.74 Å². The Labute approximate surface area is 95.7 Å². The SMILES string of the molecule is COc1ccc2c(c1)C(C)(C)C(C)=C2Cl. The molecular formula is C13H15ClO. The Morgan fingerprint density at radius 3 is 2.53 bits per heavy atom. The number of halogens is 1. The Bertz CT molecular complexity index is 444. The fourth-order valence-corrected chi connectivity index (χ4v) is 2.44. The van der Waals surface area contributed by atoms with E-state index in [1.54, 1.807) is 7.11 Å². The third-order valence-electron chi connectivity index (χ3n) is 3.40. The molecule has 2 rings (SSSR count). The smallest absolute Gasteiger partial charge is 0.119 e. The van der Waals surface area contributed by atoms with Crippen LogP contribution in [0.25, 0.3) is 5.03 Å². The van der Waals surface area contributed by atoms with Crippen LogP contribution < -0.4 is 4.74 Å². The lowest BCUT2D eigenvalue weighted by Crippen LogP contribution is -2.15. The molecule has 80 valence electrons. The highest BCUT2D eigenvalue weighted by Crippen LogP contribution is 2.48. The van der Waals surface area contributed by atoms with Gasteiger partial charge in [-0.1, -0.05) is 25.4 Å². The van der Waals surface area contributed by atoms with Crippen molar-refractivity contribution >= 4 is 16.6 Å². The molecule has 1 aromatic carbocycles. The second kappa shape index (κ2) is 3.28. The van der Waals surface area contributed by atoms with Gasteiger partial charge in [-0.15, -0.1) is 0 Å². The zero-order chi connectivity index (χ0) is 11.2. The van der Waals surface area contributed by atoms with E-state index in [9.17, 15) is 0 Å². The molecule has 0 bridgehead atoms. The van der Waals surface area contributed by atoms with Gasteiger partial charge >= 0.3 is 0 Å². The van der Waals surface area contributed by atoms with Crippen LogP contribution in [0.5, 0.6) is 5.75 Å². The molecule has 0 heterocycles. The highest BCUT2D eigenvalue weighted by Gasteiger charge is 2.34. The van der Waals surface area contributed by atoms with E-state index in [4.69, 9.17) is 16.3 Å². The second-order valence-electron chi connectivity index (χ2n) is 4.48. The molecule has 0 aromatic heterocycles. The quantitative estimate of drug-likeness (QED) is 0.699. The summed E-state index contributed by atoms with van der Waals surface area (Å²) < 4.78 is 5.24. The summed E-state index contributed by atoms with van der Waals surface area (Å²) in [5, 5.41) is 0.887. The molecule has 1 aliphatic carbocycles. The Kier molecular flexibility index (Phi) is 2.31. The number of methoxy groups -OCH3 is 1. The molecule has 2 heteroatoms. The van der Waals surface area contributed by atoms with E-state index in [1.165, 1.54) is 11.1 Å². The molecule has 1 aliphatic rings. The van der Waals surface area contributed by atoms with Crippen molar-refractivity contribution in [2.45, 2.75) is 26.2 Å². The van der Waals surface area contributed by atoms with Gasteiger partial charge in [0.05, 0.1) is 7.11 Å². The summed E-state index contributed by atoms with van der Waals surface area (Å²) >= 11 is 6.31. The number of allylic oxidation sites excluding steroid dienone is 1. The molecule has 0 saturated heterocycles. The standard InChI is InChI=1S/C13H15ClO/c1-8-12(14)10-6-5-9(15-4)7-11(10)13(8,2)3/h5-7H,1-4H3. The van der Waals surface area contributed by atoms with E-state index in [1.807, 2.05) is 12.1 Å². The van der Waals surface area contributed by atoms with E-state index >= 15 is 0 Å². The molecule has 0 fully saturated rings. The maximum absolute atomic E-state index is 6.31. The van der Waals surface area contributed by atoms with E-state index in [0.29, 0.717) is 0 Å². The molecular weight excluding hydrogens is 208 g/mol. The number of rotatable bonds is 1. The van der Waals surface area contributed by atoms with E-state index in [-0.39, 0.29) is 5.41 Å². The average Bonchev–Trinajstić information content (AvgIpc) is 2.40. The lowest BCUT2D eigenvalue weighted by Gasteiger charge is -2.22. The Balaban J connectivity index is 2.65. The van der Waals surface area contributed by atoms with Gasteiger partial charge in [0.15, 0.2) is 0 Å². The number of fused-ring (bicyclic) bond motifs is 1. The van der Waals surface area contributed by atoms with Gasteiger partial charge in [-0.05, 0) is 41.8 Å². The maximum Gasteiger partial charge on any atom is 0.119 e. The third-order valence-corrected chi connectivity index (χ3v) is 3.89. The maximum atomic E-state index is 6.31. The first-order valence-corrected chi connectivity index (χ1v) is 5.42. The molecule has 15 heavy (non-hydrogen) atoms. The summed E-state index contributed by atoms with van der Waals surface area (Å²) in [6.07, 6.45) is 0. The van der Waals surface area contributed by atoms with Crippen molar-refractivity contribution in [2.75, 3.05) is 7.11 Å². The minimum absolute atomic E-state index is 0.0148. The van der Waals surface area contributed by atoms with Crippen molar-refractivity contribution in [2.24, 2.45) is 0 Å². The van der Waals surface area contributed by atoms with Gasteiger partial charge in [0, 0.05) is 10.4 Å². The summed E-state index contributed by atoms with van der Waals surface area (Å²) in [5.74, 6) is 0.890. The van der Waals surface area contributed by atoms with Crippen molar-refractivity contribution in [3.63, 3.8) is 0 Å². The lowest BCUT2D eigenvalue weighted by molar-refractivity contribution is 0.413. The molecule has 1 nitrogen and oxygen atoms in total. The van der Waals surface area contributed by atoms with Gasteiger partial charge in [0.1, 0.15) is 5.75 Å². The average molecular weight is 223 g/mol. The van der Waals surface area contributed by atoms with Crippen LogP contribution in [0.2, 0.25) is 0 Å². The van der Waals surface area contributed by atoms with Crippen molar-refractivity contribution in [3.8, 4) is 5.75 Å². The minimum atomic E-state index is 0.0148. The van der Waals surface area contributed by atoms with Crippen LogP contribution in [-0.2, 0) is 5.41 Å². The molecule has 1 aromatic rings. The summed E-state index contributed by atoms with van der Waals surface area (Å²) in [4.78, 5) is 0. The summed E-state index contributed by atoms with van der Waals surface area (Å²) in [5.41, 5.74) is 3.64.